The second kappa shape index (κ2) is 6.04. The second-order valence-electron chi connectivity index (χ2n) is 6.50. The first-order valence-corrected chi connectivity index (χ1v) is 7.96. The summed E-state index contributed by atoms with van der Waals surface area (Å²) < 4.78 is 0. The van der Waals surface area contributed by atoms with E-state index in [1.807, 2.05) is 12.4 Å². The summed E-state index contributed by atoms with van der Waals surface area (Å²) in [4.78, 5) is 4.17. The Bertz CT molecular complexity index is 415. The third-order valence-electron chi connectivity index (χ3n) is 5.26. The first kappa shape index (κ1) is 13.1. The van der Waals surface area contributed by atoms with Gasteiger partial charge in [-0.25, -0.2) is 0 Å². The van der Waals surface area contributed by atoms with Crippen molar-refractivity contribution in [3.05, 3.63) is 29.6 Å². The van der Waals surface area contributed by atoms with E-state index in [2.05, 4.69) is 23.3 Å². The van der Waals surface area contributed by atoms with Gasteiger partial charge in [0.15, 0.2) is 0 Å². The molecule has 2 nitrogen and oxygen atoms in total. The van der Waals surface area contributed by atoms with E-state index in [1.54, 1.807) is 0 Å². The minimum absolute atomic E-state index is 0.743. The summed E-state index contributed by atoms with van der Waals surface area (Å²) in [7, 11) is 0. The van der Waals surface area contributed by atoms with Crippen LogP contribution in [0.25, 0.3) is 0 Å². The van der Waals surface area contributed by atoms with Crippen LogP contribution in [0.1, 0.15) is 56.1 Å². The van der Waals surface area contributed by atoms with Crippen LogP contribution in [0.15, 0.2) is 18.5 Å². The van der Waals surface area contributed by atoms with E-state index in [1.165, 1.54) is 56.1 Å². The van der Waals surface area contributed by atoms with Crippen molar-refractivity contribution >= 4 is 0 Å². The van der Waals surface area contributed by atoms with E-state index >= 15 is 0 Å². The van der Waals surface area contributed by atoms with E-state index < -0.39 is 0 Å². The van der Waals surface area contributed by atoms with Crippen LogP contribution in [0, 0.1) is 18.8 Å². The number of hydrogen-bond donors (Lipinski definition) is 1. The summed E-state index contributed by atoms with van der Waals surface area (Å²) in [6.07, 6.45) is 14.1. The molecule has 19 heavy (non-hydrogen) atoms. The van der Waals surface area contributed by atoms with E-state index in [-0.39, 0.29) is 0 Å². The fourth-order valence-electron chi connectivity index (χ4n) is 4.01. The van der Waals surface area contributed by atoms with Gasteiger partial charge in [0, 0.05) is 25.0 Å². The third-order valence-corrected chi connectivity index (χ3v) is 5.26. The molecule has 3 rings (SSSR count). The SMILES string of the molecule is Cc1cnccc1CNC1CCC2CCCCC2C1. The Morgan fingerprint density at radius 1 is 1.16 bits per heavy atom. The molecule has 0 radical (unpaired) electrons. The van der Waals surface area contributed by atoms with Crippen LogP contribution in [-0.4, -0.2) is 11.0 Å². The Morgan fingerprint density at radius 3 is 2.84 bits per heavy atom. The van der Waals surface area contributed by atoms with Crippen LogP contribution in [0.2, 0.25) is 0 Å². The molecular weight excluding hydrogens is 232 g/mol. The molecule has 2 aliphatic carbocycles. The molecule has 2 heteroatoms. The minimum atomic E-state index is 0.743. The highest BCUT2D eigenvalue weighted by Gasteiger charge is 2.31. The van der Waals surface area contributed by atoms with Crippen molar-refractivity contribution < 1.29 is 0 Å². The van der Waals surface area contributed by atoms with Gasteiger partial charge in [-0.2, -0.15) is 0 Å². The standard InChI is InChI=1S/C17H26N2/c1-13-11-18-9-8-16(13)12-19-17-7-6-14-4-2-3-5-15(14)10-17/h8-9,11,14-15,17,19H,2-7,10,12H2,1H3. The molecule has 1 aromatic rings. The quantitative estimate of drug-likeness (QED) is 0.891. The van der Waals surface area contributed by atoms with Gasteiger partial charge in [-0.05, 0) is 55.2 Å². The zero-order valence-electron chi connectivity index (χ0n) is 12.1. The van der Waals surface area contributed by atoms with Crippen LogP contribution in [0.4, 0.5) is 0 Å². The first-order chi connectivity index (χ1) is 9.33. The van der Waals surface area contributed by atoms with Crippen LogP contribution in [-0.2, 0) is 6.54 Å². The smallest absolute Gasteiger partial charge is 0.0300 e. The molecule has 2 saturated carbocycles. The maximum atomic E-state index is 4.17. The maximum Gasteiger partial charge on any atom is 0.0300 e. The number of aryl methyl sites for hydroxylation is 1. The monoisotopic (exact) mass is 258 g/mol. The van der Waals surface area contributed by atoms with Crippen molar-refractivity contribution in [1.82, 2.24) is 10.3 Å². The van der Waals surface area contributed by atoms with Gasteiger partial charge in [0.05, 0.1) is 0 Å². The topological polar surface area (TPSA) is 24.9 Å². The molecule has 1 N–H and O–H groups in total. The molecule has 0 aliphatic heterocycles. The van der Waals surface area contributed by atoms with Crippen LogP contribution < -0.4 is 5.32 Å². The average Bonchev–Trinajstić information content (AvgIpc) is 2.46. The predicted octanol–water partition coefficient (Wildman–Crippen LogP) is 3.84. The van der Waals surface area contributed by atoms with E-state index in [9.17, 15) is 0 Å². The number of nitrogens with zero attached hydrogens (tertiary/aromatic N) is 1. The van der Waals surface area contributed by atoms with E-state index in [0.717, 1.165) is 24.4 Å². The zero-order chi connectivity index (χ0) is 13.1. The van der Waals surface area contributed by atoms with Gasteiger partial charge in [0.25, 0.3) is 0 Å². The van der Waals surface area contributed by atoms with Gasteiger partial charge >= 0.3 is 0 Å². The molecule has 1 aromatic heterocycles. The summed E-state index contributed by atoms with van der Waals surface area (Å²) >= 11 is 0. The van der Waals surface area contributed by atoms with Gasteiger partial charge < -0.3 is 5.32 Å². The highest BCUT2D eigenvalue weighted by atomic mass is 14.9. The lowest BCUT2D eigenvalue weighted by atomic mass is 9.69. The Kier molecular flexibility index (Phi) is 4.17. The Labute approximate surface area is 117 Å². The van der Waals surface area contributed by atoms with Crippen LogP contribution in [0.3, 0.4) is 0 Å². The lowest BCUT2D eigenvalue weighted by molar-refractivity contribution is 0.143. The molecule has 0 bridgehead atoms. The Hall–Kier alpha value is -0.890. The lowest BCUT2D eigenvalue weighted by Gasteiger charge is -2.39. The Balaban J connectivity index is 1.52. The van der Waals surface area contributed by atoms with Crippen molar-refractivity contribution in [3.63, 3.8) is 0 Å². The minimum Gasteiger partial charge on any atom is -0.310 e. The second-order valence-corrected chi connectivity index (χ2v) is 6.50. The molecule has 1 heterocycles. The highest BCUT2D eigenvalue weighted by Crippen LogP contribution is 2.40. The van der Waals surface area contributed by atoms with Gasteiger partial charge in [-0.1, -0.05) is 25.7 Å². The van der Waals surface area contributed by atoms with Crippen molar-refractivity contribution in [2.75, 3.05) is 0 Å². The van der Waals surface area contributed by atoms with Crippen molar-refractivity contribution in [2.45, 2.75) is 64.5 Å². The molecule has 0 aromatic carbocycles. The fourth-order valence-corrected chi connectivity index (χ4v) is 4.01. The molecule has 2 fully saturated rings. The molecule has 0 amide bonds. The van der Waals surface area contributed by atoms with Crippen LogP contribution in [0.5, 0.6) is 0 Å². The van der Waals surface area contributed by atoms with Gasteiger partial charge in [0.1, 0.15) is 0 Å². The maximum absolute atomic E-state index is 4.17. The van der Waals surface area contributed by atoms with E-state index in [4.69, 9.17) is 0 Å². The lowest BCUT2D eigenvalue weighted by Crippen LogP contribution is -2.38. The number of rotatable bonds is 3. The van der Waals surface area contributed by atoms with E-state index in [0.29, 0.717) is 0 Å². The molecule has 2 aliphatic rings. The Morgan fingerprint density at radius 2 is 2.00 bits per heavy atom. The number of hydrogen-bond acceptors (Lipinski definition) is 2. The normalized spacial score (nSPS) is 30.9. The largest absolute Gasteiger partial charge is 0.310 e. The summed E-state index contributed by atoms with van der Waals surface area (Å²) in [5.74, 6) is 2.06. The van der Waals surface area contributed by atoms with Gasteiger partial charge in [-0.15, -0.1) is 0 Å². The number of fused-ring (bicyclic) bond motifs is 1. The predicted molar refractivity (Wildman–Crippen MR) is 78.9 cm³/mol. The summed E-state index contributed by atoms with van der Waals surface area (Å²) in [6, 6.07) is 2.89. The van der Waals surface area contributed by atoms with Crippen molar-refractivity contribution in [2.24, 2.45) is 11.8 Å². The van der Waals surface area contributed by atoms with Crippen molar-refractivity contribution in [1.29, 1.82) is 0 Å². The van der Waals surface area contributed by atoms with Gasteiger partial charge in [0.2, 0.25) is 0 Å². The molecule has 0 saturated heterocycles. The highest BCUT2D eigenvalue weighted by molar-refractivity contribution is 5.21. The number of aromatic nitrogens is 1. The molecule has 3 unspecified atom stereocenters. The van der Waals surface area contributed by atoms with Gasteiger partial charge in [-0.3, -0.25) is 4.98 Å². The number of nitrogens with one attached hydrogen (secondary N) is 1. The summed E-state index contributed by atoms with van der Waals surface area (Å²) in [5.41, 5.74) is 2.71. The molecule has 104 valence electrons. The zero-order valence-corrected chi connectivity index (χ0v) is 12.1. The summed E-state index contributed by atoms with van der Waals surface area (Å²) in [6.45, 7) is 3.17. The number of pyridine rings is 1. The first-order valence-electron chi connectivity index (χ1n) is 7.96. The van der Waals surface area contributed by atoms with Crippen LogP contribution >= 0.6 is 0 Å². The summed E-state index contributed by atoms with van der Waals surface area (Å²) in [5, 5.41) is 3.78. The molecule has 3 atom stereocenters. The van der Waals surface area contributed by atoms with Crippen molar-refractivity contribution in [3.8, 4) is 0 Å². The average molecular weight is 258 g/mol. The fraction of sp³-hybridized carbons (Fsp3) is 0.706. The molecule has 0 spiro atoms. The third kappa shape index (κ3) is 3.17. The molecular formula is C17H26N2.